The van der Waals surface area contributed by atoms with E-state index >= 15 is 0 Å². The molecule has 0 saturated heterocycles. The molecule has 1 aromatic rings. The van der Waals surface area contributed by atoms with E-state index < -0.39 is 0 Å². The maximum atomic E-state index is 12.0. The molecule has 0 aliphatic carbocycles. The average molecular weight is 745 g/mol. The number of carbonyl (C=O) groups is 5. The summed E-state index contributed by atoms with van der Waals surface area (Å²) in [6.45, 7) is 5.48. The molecule has 1 rings (SSSR count). The van der Waals surface area contributed by atoms with Crippen molar-refractivity contribution < 1.29 is 145 Å². The topological polar surface area (TPSA) is 159 Å². The number of hydrogen-bond acceptors (Lipinski definition) is 6. The Morgan fingerprint density at radius 2 is 1.53 bits per heavy atom. The number of unbranched alkanes of at least 4 members (excludes halogenated alkanes) is 1. The fraction of sp³-hybridized carbons (Fsp3) is 0.633. The first-order valence-corrected chi connectivity index (χ1v) is 14.6. The van der Waals surface area contributed by atoms with Crippen molar-refractivity contribution in [2.24, 2.45) is 5.92 Å². The standard InChI is InChI=1S/C30H49N5O6.2Rb/c1-4-9-25(26(36)5-2)10-6-7-16-33-30(40)34-17-8-19-41-22-29(39)35-21-24-13-11-23(12-14-24)20-28(38)32-18-15-27(37)31-3;;/h11-14,25H,4-10,15-22H2,1-3H3,(H5,31,32,33,34,35,37,38,39,40);;/q;2*+1/p-2. The molecule has 0 radical (unpaired) electrons. The zero-order valence-electron chi connectivity index (χ0n) is 26.8. The van der Waals surface area contributed by atoms with Crippen LogP contribution in [0.2, 0.25) is 0 Å². The van der Waals surface area contributed by atoms with E-state index in [9.17, 15) is 24.0 Å². The predicted octanol–water partition coefficient (Wildman–Crippen LogP) is -2.05. The van der Waals surface area contributed by atoms with Gasteiger partial charge in [0.2, 0.25) is 11.8 Å². The van der Waals surface area contributed by atoms with Crippen LogP contribution in [0.25, 0.3) is 10.6 Å². The largest absolute Gasteiger partial charge is 1.00 e. The van der Waals surface area contributed by atoms with Gasteiger partial charge in [0.15, 0.2) is 6.03 Å². The number of nitrogens with one attached hydrogen (secondary N) is 3. The van der Waals surface area contributed by atoms with Gasteiger partial charge in [-0.3, -0.25) is 19.2 Å². The number of ketones is 1. The molecule has 5 amide bonds. The van der Waals surface area contributed by atoms with Crippen molar-refractivity contribution in [3.8, 4) is 0 Å². The van der Waals surface area contributed by atoms with Gasteiger partial charge in [-0.1, -0.05) is 69.5 Å². The SMILES string of the molecule is CCCC(CCCCNC(=O)[N-]CCCOCC(=O)[N-]Cc1ccc(CC(=O)NCCC(=O)NC)cc1)C(=O)CC.[Rb+].[Rb+]. The van der Waals surface area contributed by atoms with Gasteiger partial charge in [-0.15, -0.1) is 6.54 Å². The minimum absolute atomic E-state index is 0. The van der Waals surface area contributed by atoms with Gasteiger partial charge in [-0.05, 0) is 31.4 Å². The Morgan fingerprint density at radius 3 is 2.19 bits per heavy atom. The second kappa shape index (κ2) is 29.5. The Morgan fingerprint density at radius 1 is 0.837 bits per heavy atom. The zero-order chi connectivity index (χ0) is 30.3. The summed E-state index contributed by atoms with van der Waals surface area (Å²) in [6.07, 6.45) is 6.04. The number of nitrogens with zero attached hydrogens (tertiary/aromatic N) is 2. The van der Waals surface area contributed by atoms with Crippen molar-refractivity contribution in [3.63, 3.8) is 0 Å². The first-order chi connectivity index (χ1) is 19.8. The molecule has 0 spiro atoms. The third kappa shape index (κ3) is 24.0. The molecule has 0 heterocycles. The molecule has 0 bridgehead atoms. The van der Waals surface area contributed by atoms with Gasteiger partial charge >= 0.3 is 116 Å². The quantitative estimate of drug-likeness (QED) is 0.116. The van der Waals surface area contributed by atoms with E-state index in [-0.39, 0.29) is 179 Å². The molecular formula is C30H47N5O6Rb2. The molecule has 0 aliphatic rings. The van der Waals surface area contributed by atoms with E-state index in [1.807, 2.05) is 31.2 Å². The molecule has 3 N–H and O–H groups in total. The number of amides is 5. The van der Waals surface area contributed by atoms with Crippen LogP contribution < -0.4 is 132 Å². The summed E-state index contributed by atoms with van der Waals surface area (Å²) >= 11 is 0. The molecule has 1 aromatic carbocycles. The Labute approximate surface area is 354 Å². The molecule has 43 heavy (non-hydrogen) atoms. The molecule has 0 saturated carbocycles. The summed E-state index contributed by atoms with van der Waals surface area (Å²) in [5, 5.41) is 15.9. The number of carbonyl (C=O) groups excluding carboxylic acids is 5. The molecule has 1 atom stereocenters. The van der Waals surface area contributed by atoms with E-state index in [4.69, 9.17) is 4.74 Å². The number of rotatable bonds is 22. The number of urea groups is 1. The molecule has 11 nitrogen and oxygen atoms in total. The second-order valence-corrected chi connectivity index (χ2v) is 9.80. The third-order valence-electron chi connectivity index (χ3n) is 6.40. The summed E-state index contributed by atoms with van der Waals surface area (Å²) in [5.41, 5.74) is 1.66. The Balaban J connectivity index is 0. The van der Waals surface area contributed by atoms with Crippen LogP contribution in [0.1, 0.15) is 76.3 Å². The van der Waals surface area contributed by atoms with Crippen LogP contribution in [0, 0.1) is 5.92 Å². The number of ether oxygens (including phenoxy) is 1. The molecule has 0 aromatic heterocycles. The van der Waals surface area contributed by atoms with Crippen LogP contribution in [0.5, 0.6) is 0 Å². The van der Waals surface area contributed by atoms with Crippen LogP contribution >= 0.6 is 0 Å². The molecule has 1 unspecified atom stereocenters. The van der Waals surface area contributed by atoms with Crippen LogP contribution in [-0.4, -0.2) is 69.4 Å². The predicted molar refractivity (Wildman–Crippen MR) is 159 cm³/mol. The Hall–Kier alpha value is 0.140. The van der Waals surface area contributed by atoms with E-state index in [1.165, 1.54) is 0 Å². The molecular weight excluding hydrogens is 697 g/mol. The van der Waals surface area contributed by atoms with E-state index in [2.05, 4.69) is 33.5 Å². The number of benzene rings is 1. The normalized spacial score (nSPS) is 10.8. The van der Waals surface area contributed by atoms with Crippen LogP contribution in [0.3, 0.4) is 0 Å². The molecule has 230 valence electrons. The van der Waals surface area contributed by atoms with Gasteiger partial charge in [-0.25, -0.2) is 0 Å². The monoisotopic (exact) mass is 743 g/mol. The molecule has 13 heteroatoms. The van der Waals surface area contributed by atoms with Crippen LogP contribution in [0.15, 0.2) is 24.3 Å². The van der Waals surface area contributed by atoms with Crippen molar-refractivity contribution in [2.75, 3.05) is 39.9 Å². The van der Waals surface area contributed by atoms with Gasteiger partial charge < -0.3 is 36.1 Å². The number of Topliss-reactive ketones (excluding diaryl/α,β-unsaturated/α-hetero) is 1. The van der Waals surface area contributed by atoms with E-state index in [1.54, 1.807) is 7.05 Å². The molecule has 0 fully saturated rings. The Kier molecular flexibility index (Phi) is 31.1. The van der Waals surface area contributed by atoms with Crippen molar-refractivity contribution in [3.05, 3.63) is 46.0 Å². The minimum atomic E-state index is -0.374. The number of hydrogen-bond donors (Lipinski definition) is 3. The Bertz CT molecular complexity index is 949. The van der Waals surface area contributed by atoms with Gasteiger partial charge in [-0.2, -0.15) is 0 Å². The third-order valence-corrected chi connectivity index (χ3v) is 6.40. The second-order valence-electron chi connectivity index (χ2n) is 9.80. The maximum absolute atomic E-state index is 12.0. The van der Waals surface area contributed by atoms with Crippen molar-refractivity contribution in [1.82, 2.24) is 16.0 Å². The zero-order valence-corrected chi connectivity index (χ0v) is 36.7. The fourth-order valence-electron chi connectivity index (χ4n) is 4.05. The van der Waals surface area contributed by atoms with Crippen molar-refractivity contribution >= 4 is 29.5 Å². The van der Waals surface area contributed by atoms with Gasteiger partial charge in [0.25, 0.3) is 0 Å². The van der Waals surface area contributed by atoms with E-state index in [0.717, 1.165) is 43.2 Å². The average Bonchev–Trinajstić information content (AvgIpc) is 2.97. The summed E-state index contributed by atoms with van der Waals surface area (Å²) < 4.78 is 5.33. The summed E-state index contributed by atoms with van der Waals surface area (Å²) in [4.78, 5) is 58.9. The summed E-state index contributed by atoms with van der Waals surface area (Å²) in [6, 6.07) is 6.88. The van der Waals surface area contributed by atoms with Crippen molar-refractivity contribution in [1.29, 1.82) is 0 Å². The van der Waals surface area contributed by atoms with Gasteiger partial charge in [0.1, 0.15) is 5.78 Å². The summed E-state index contributed by atoms with van der Waals surface area (Å²) in [7, 11) is 1.55. The van der Waals surface area contributed by atoms with Gasteiger partial charge in [0.05, 0.1) is 18.9 Å². The fourth-order valence-corrected chi connectivity index (χ4v) is 4.05. The van der Waals surface area contributed by atoms with Crippen molar-refractivity contribution in [2.45, 2.75) is 78.2 Å². The summed E-state index contributed by atoms with van der Waals surface area (Å²) in [5.74, 6) is -0.209. The smallest absolute Gasteiger partial charge is 0.648 e. The van der Waals surface area contributed by atoms with Crippen LogP contribution in [-0.2, 0) is 36.9 Å². The molecule has 0 aliphatic heterocycles. The first-order valence-electron chi connectivity index (χ1n) is 14.6. The van der Waals surface area contributed by atoms with Crippen LogP contribution in [0.4, 0.5) is 4.79 Å². The first kappa shape index (κ1) is 45.3. The van der Waals surface area contributed by atoms with E-state index in [0.29, 0.717) is 38.3 Å². The van der Waals surface area contributed by atoms with Gasteiger partial charge in [0, 0.05) is 39.0 Å². The minimum Gasteiger partial charge on any atom is -0.648 e. The maximum Gasteiger partial charge on any atom is 1.00 e.